The molecule has 1 aliphatic rings. The second-order valence-corrected chi connectivity index (χ2v) is 12.1. The molecule has 0 spiro atoms. The van der Waals surface area contributed by atoms with Crippen molar-refractivity contribution < 1.29 is 26.5 Å². The van der Waals surface area contributed by atoms with Crippen LogP contribution in [0.15, 0.2) is 82.7 Å². The van der Waals surface area contributed by atoms with Gasteiger partial charge in [0.25, 0.3) is 5.56 Å². The summed E-state index contributed by atoms with van der Waals surface area (Å²) in [5, 5.41) is 0.151. The number of benzene rings is 3. The molecular formula is C36H38F4N4O2S. The molecule has 0 radical (unpaired) electrons. The van der Waals surface area contributed by atoms with Crippen LogP contribution in [0.5, 0.6) is 0 Å². The molecule has 0 aliphatic heterocycles. The van der Waals surface area contributed by atoms with Gasteiger partial charge < -0.3 is 14.4 Å². The lowest BCUT2D eigenvalue weighted by atomic mass is 10.0. The summed E-state index contributed by atoms with van der Waals surface area (Å²) in [7, 11) is 0. The highest BCUT2D eigenvalue weighted by molar-refractivity contribution is 7.98. The van der Waals surface area contributed by atoms with Crippen molar-refractivity contribution in [2.24, 2.45) is 0 Å². The highest BCUT2D eigenvalue weighted by Crippen LogP contribution is 2.31. The van der Waals surface area contributed by atoms with Gasteiger partial charge in [-0.2, -0.15) is 18.2 Å². The number of thioether (sulfide) groups is 1. The third kappa shape index (κ3) is 8.70. The molecule has 0 saturated carbocycles. The van der Waals surface area contributed by atoms with E-state index in [0.29, 0.717) is 67.0 Å². The average Bonchev–Trinajstić information content (AvgIpc) is 3.60. The number of alkyl halides is 3. The van der Waals surface area contributed by atoms with Crippen molar-refractivity contribution in [3.8, 4) is 11.1 Å². The van der Waals surface area contributed by atoms with Gasteiger partial charge in [-0.05, 0) is 78.9 Å². The number of nitrogens with zero attached hydrogens (tertiary/aromatic N) is 4. The first-order chi connectivity index (χ1) is 23.7. The maximum atomic E-state index is 14.4. The van der Waals surface area contributed by atoms with Crippen LogP contribution in [0.3, 0.4) is 0 Å². The molecule has 3 aromatic carbocycles. The fourth-order valence-electron chi connectivity index (χ4n) is 5.44. The standard InChI is InChI=1S/C36H38F4N4O2S/c1-3-42(4-2)20-21-43(22-25-8-12-27(13-9-25)28-14-16-29(17-15-28)36(38,39)40)33(45)23-44-32-7-5-6-31(32)34(46)41-35(44)47-24-26-10-18-30(37)19-11-26/h8-19H,3-7,20-24H2,1-2H3/i22D2,23D. The summed E-state index contributed by atoms with van der Waals surface area (Å²) in [6.45, 7) is 1.47. The van der Waals surface area contributed by atoms with Crippen LogP contribution in [0, 0.1) is 5.82 Å². The summed E-state index contributed by atoms with van der Waals surface area (Å²) in [6, 6.07) is 16.7. The Balaban J connectivity index is 1.48. The molecule has 1 aromatic heterocycles. The number of carbonyl (C=O) groups is 1. The number of halogens is 4. The van der Waals surface area contributed by atoms with Gasteiger partial charge in [-0.3, -0.25) is 9.59 Å². The first kappa shape index (κ1) is 30.4. The van der Waals surface area contributed by atoms with Crippen molar-refractivity contribution in [3.05, 3.63) is 117 Å². The molecule has 248 valence electrons. The van der Waals surface area contributed by atoms with Gasteiger partial charge in [0.1, 0.15) is 12.3 Å². The maximum absolute atomic E-state index is 14.4. The number of hydrogen-bond acceptors (Lipinski definition) is 5. The van der Waals surface area contributed by atoms with Crippen LogP contribution in [0.2, 0.25) is 0 Å². The van der Waals surface area contributed by atoms with Crippen molar-refractivity contribution >= 4 is 17.7 Å². The average molecular weight is 670 g/mol. The Kier molecular flexibility index (Phi) is 9.89. The molecule has 1 unspecified atom stereocenters. The smallest absolute Gasteiger partial charge is 0.336 e. The molecule has 6 nitrogen and oxygen atoms in total. The van der Waals surface area contributed by atoms with Crippen molar-refractivity contribution in [3.63, 3.8) is 0 Å². The Labute approximate surface area is 280 Å². The van der Waals surface area contributed by atoms with Crippen LogP contribution < -0.4 is 5.56 Å². The molecule has 0 fully saturated rings. The zero-order valence-electron chi connectivity index (χ0n) is 29.2. The van der Waals surface area contributed by atoms with E-state index in [4.69, 9.17) is 0 Å². The zero-order chi connectivity index (χ0) is 36.2. The molecule has 47 heavy (non-hydrogen) atoms. The monoisotopic (exact) mass is 669 g/mol. The lowest BCUT2D eigenvalue weighted by Crippen LogP contribution is -2.40. The lowest BCUT2D eigenvalue weighted by molar-refractivity contribution is -0.137. The number of hydrogen-bond donors (Lipinski definition) is 0. The van der Waals surface area contributed by atoms with Gasteiger partial charge in [-0.25, -0.2) is 4.39 Å². The summed E-state index contributed by atoms with van der Waals surface area (Å²) < 4.78 is 81.9. The first-order valence-electron chi connectivity index (χ1n) is 17.1. The quantitative estimate of drug-likeness (QED) is 0.0855. The molecule has 1 atom stereocenters. The van der Waals surface area contributed by atoms with Crippen molar-refractivity contribution in [2.75, 3.05) is 26.2 Å². The predicted molar refractivity (Wildman–Crippen MR) is 177 cm³/mol. The summed E-state index contributed by atoms with van der Waals surface area (Å²) in [6.07, 6.45) is -2.90. The number of amides is 1. The summed E-state index contributed by atoms with van der Waals surface area (Å²) in [4.78, 5) is 34.7. The topological polar surface area (TPSA) is 58.4 Å². The summed E-state index contributed by atoms with van der Waals surface area (Å²) >= 11 is 1.15. The van der Waals surface area contributed by atoms with Crippen LogP contribution in [-0.2, 0) is 42.6 Å². The van der Waals surface area contributed by atoms with Gasteiger partial charge in [0, 0.05) is 36.6 Å². The Morgan fingerprint density at radius 1 is 0.915 bits per heavy atom. The highest BCUT2D eigenvalue weighted by atomic mass is 32.2. The minimum Gasteiger partial charge on any atom is -0.336 e. The number of likely N-dealkylation sites (N-methyl/N-ethyl adjacent to an activating group) is 1. The third-order valence-electron chi connectivity index (χ3n) is 8.16. The zero-order valence-corrected chi connectivity index (χ0v) is 27.0. The minimum atomic E-state index is -4.47. The van der Waals surface area contributed by atoms with Crippen LogP contribution in [0.1, 0.15) is 52.3 Å². The Morgan fingerprint density at radius 2 is 1.53 bits per heavy atom. The van der Waals surface area contributed by atoms with Crippen molar-refractivity contribution in [2.45, 2.75) is 63.2 Å². The van der Waals surface area contributed by atoms with Gasteiger partial charge in [0.05, 0.1) is 9.68 Å². The Bertz CT molecular complexity index is 1850. The molecule has 0 saturated heterocycles. The van der Waals surface area contributed by atoms with Gasteiger partial charge in [-0.15, -0.1) is 0 Å². The molecule has 1 amide bonds. The van der Waals surface area contributed by atoms with Gasteiger partial charge in [-0.1, -0.05) is 74.1 Å². The third-order valence-corrected chi connectivity index (χ3v) is 9.18. The predicted octanol–water partition coefficient (Wildman–Crippen LogP) is 7.22. The van der Waals surface area contributed by atoms with E-state index in [-0.39, 0.29) is 17.3 Å². The van der Waals surface area contributed by atoms with Crippen LogP contribution >= 0.6 is 11.8 Å². The lowest BCUT2D eigenvalue weighted by Gasteiger charge is -2.28. The molecule has 11 heteroatoms. The van der Waals surface area contributed by atoms with Crippen LogP contribution in [0.4, 0.5) is 17.6 Å². The minimum absolute atomic E-state index is 0.0442. The second-order valence-electron chi connectivity index (χ2n) is 11.2. The fourth-order valence-corrected chi connectivity index (χ4v) is 6.38. The van der Waals surface area contributed by atoms with Gasteiger partial charge in [0.15, 0.2) is 5.16 Å². The van der Waals surface area contributed by atoms with E-state index in [1.807, 2.05) is 18.7 Å². The number of carbonyl (C=O) groups excluding carboxylic acids is 1. The van der Waals surface area contributed by atoms with E-state index < -0.39 is 42.0 Å². The van der Waals surface area contributed by atoms with E-state index in [9.17, 15) is 31.3 Å². The molecule has 1 aliphatic carbocycles. The molecule has 5 rings (SSSR count). The Morgan fingerprint density at radius 3 is 2.15 bits per heavy atom. The normalized spacial score (nSPS) is 14.7. The van der Waals surface area contributed by atoms with Gasteiger partial charge >= 0.3 is 6.18 Å². The largest absolute Gasteiger partial charge is 0.416 e. The molecule has 0 bridgehead atoms. The van der Waals surface area contributed by atoms with Crippen LogP contribution in [0.25, 0.3) is 11.1 Å². The number of aromatic nitrogens is 2. The van der Waals surface area contributed by atoms with Crippen molar-refractivity contribution in [1.29, 1.82) is 0 Å². The van der Waals surface area contributed by atoms with Crippen LogP contribution in [-0.4, -0.2) is 51.4 Å². The van der Waals surface area contributed by atoms with E-state index in [0.717, 1.165) is 34.4 Å². The highest BCUT2D eigenvalue weighted by Gasteiger charge is 2.30. The molecule has 1 heterocycles. The van der Waals surface area contributed by atoms with E-state index in [1.54, 1.807) is 24.3 Å². The Hall–Kier alpha value is -3.96. The molecule has 0 N–H and O–H groups in total. The van der Waals surface area contributed by atoms with E-state index >= 15 is 0 Å². The number of fused-ring (bicyclic) bond motifs is 1. The maximum Gasteiger partial charge on any atom is 0.416 e. The van der Waals surface area contributed by atoms with E-state index in [1.165, 1.54) is 41.0 Å². The van der Waals surface area contributed by atoms with Crippen molar-refractivity contribution in [1.82, 2.24) is 19.4 Å². The molecule has 4 aromatic rings. The second kappa shape index (κ2) is 15.3. The fraction of sp³-hybridized carbons (Fsp3) is 0.361. The molecular weight excluding hydrogens is 628 g/mol. The summed E-state index contributed by atoms with van der Waals surface area (Å²) in [5.74, 6) is -0.918. The van der Waals surface area contributed by atoms with Gasteiger partial charge in [0.2, 0.25) is 5.91 Å². The SMILES string of the molecule is [2H]C(C(=O)N(CCN(CC)CC)C([2H])([2H])c1ccc(-c2ccc(C(F)(F)F)cc2)cc1)n1c(SCc2ccc(F)cc2)nc(=O)c2c1CCC2. The first-order valence-corrected chi connectivity index (χ1v) is 16.5. The summed E-state index contributed by atoms with van der Waals surface area (Å²) in [5.41, 5.74) is 1.73. The van der Waals surface area contributed by atoms with E-state index in [2.05, 4.69) is 4.98 Å². The number of rotatable bonds is 13.